The molecule has 0 saturated heterocycles. The number of hydrogen-bond donors (Lipinski definition) is 1. The number of aromatic nitrogens is 1. The van der Waals surface area contributed by atoms with Crippen molar-refractivity contribution in [3.8, 4) is 0 Å². The molecular formula is C10H18N2O3S2. The Morgan fingerprint density at radius 1 is 1.53 bits per heavy atom. The van der Waals surface area contributed by atoms with E-state index in [1.54, 1.807) is 0 Å². The molecule has 1 heterocycles. The van der Waals surface area contributed by atoms with Gasteiger partial charge in [-0.25, -0.2) is 13.4 Å². The van der Waals surface area contributed by atoms with Crippen molar-refractivity contribution in [1.29, 1.82) is 0 Å². The summed E-state index contributed by atoms with van der Waals surface area (Å²) in [6, 6.07) is 0. The van der Waals surface area contributed by atoms with Crippen LogP contribution >= 0.6 is 11.3 Å². The number of likely N-dealkylation sites (N-methyl/N-ethyl adjacent to an activating group) is 1. The van der Waals surface area contributed by atoms with Crippen LogP contribution < -0.4 is 0 Å². The highest BCUT2D eigenvalue weighted by Gasteiger charge is 2.10. The van der Waals surface area contributed by atoms with Crippen molar-refractivity contribution in [2.45, 2.75) is 19.2 Å². The maximum absolute atomic E-state index is 11.1. The van der Waals surface area contributed by atoms with Crippen LogP contribution in [0.3, 0.4) is 0 Å². The van der Waals surface area contributed by atoms with Crippen molar-refractivity contribution in [2.24, 2.45) is 0 Å². The number of thiazole rings is 1. The third-order valence-electron chi connectivity index (χ3n) is 2.23. The third kappa shape index (κ3) is 5.58. The maximum atomic E-state index is 11.1. The molecule has 0 bridgehead atoms. The van der Waals surface area contributed by atoms with Gasteiger partial charge in [0, 0.05) is 24.7 Å². The summed E-state index contributed by atoms with van der Waals surface area (Å²) >= 11 is 1.37. The van der Waals surface area contributed by atoms with E-state index in [-0.39, 0.29) is 12.4 Å². The predicted octanol–water partition coefficient (Wildman–Crippen LogP) is 0.502. The lowest BCUT2D eigenvalue weighted by Crippen LogP contribution is -2.26. The number of hydrogen-bond acceptors (Lipinski definition) is 6. The van der Waals surface area contributed by atoms with Crippen LogP contribution in [0, 0.1) is 0 Å². The van der Waals surface area contributed by atoms with Gasteiger partial charge in [0.25, 0.3) is 0 Å². The second kappa shape index (κ2) is 6.44. The van der Waals surface area contributed by atoms with Gasteiger partial charge in [-0.15, -0.1) is 11.3 Å². The quantitative estimate of drug-likeness (QED) is 0.786. The van der Waals surface area contributed by atoms with Crippen molar-refractivity contribution < 1.29 is 13.5 Å². The van der Waals surface area contributed by atoms with E-state index in [9.17, 15) is 8.42 Å². The number of sulfone groups is 1. The molecule has 1 N–H and O–H groups in total. The highest BCUT2D eigenvalue weighted by molar-refractivity contribution is 7.90. The van der Waals surface area contributed by atoms with E-state index >= 15 is 0 Å². The zero-order valence-electron chi connectivity index (χ0n) is 10.1. The lowest BCUT2D eigenvalue weighted by Gasteiger charge is -2.17. The molecule has 1 aromatic rings. The first kappa shape index (κ1) is 14.6. The molecule has 0 aliphatic rings. The summed E-state index contributed by atoms with van der Waals surface area (Å²) in [4.78, 5) is 6.34. The van der Waals surface area contributed by atoms with Crippen LogP contribution in [0.5, 0.6) is 0 Å². The van der Waals surface area contributed by atoms with Crippen LogP contribution in [-0.2, 0) is 22.1 Å². The number of rotatable bonds is 7. The average molecular weight is 278 g/mol. The predicted molar refractivity (Wildman–Crippen MR) is 68.7 cm³/mol. The monoisotopic (exact) mass is 278 g/mol. The Bertz CT molecular complexity index is 442. The number of nitrogens with zero attached hydrogens (tertiary/aromatic N) is 2. The molecule has 0 aromatic carbocycles. The van der Waals surface area contributed by atoms with Gasteiger partial charge in [-0.1, -0.05) is 6.92 Å². The minimum Gasteiger partial charge on any atom is -0.395 e. The van der Waals surface area contributed by atoms with E-state index in [1.165, 1.54) is 17.6 Å². The first-order valence-corrected chi connectivity index (χ1v) is 8.33. The lowest BCUT2D eigenvalue weighted by atomic mass is 10.4. The normalized spacial score (nSPS) is 12.2. The molecule has 0 aliphatic heterocycles. The Labute approximate surface area is 106 Å². The molecule has 7 heteroatoms. The van der Waals surface area contributed by atoms with E-state index < -0.39 is 9.84 Å². The Hall–Kier alpha value is -0.500. The molecular weight excluding hydrogens is 260 g/mol. The van der Waals surface area contributed by atoms with E-state index in [4.69, 9.17) is 5.11 Å². The van der Waals surface area contributed by atoms with Gasteiger partial charge < -0.3 is 5.11 Å². The zero-order valence-corrected chi connectivity index (χ0v) is 11.7. The molecule has 0 atom stereocenters. The van der Waals surface area contributed by atoms with E-state index in [2.05, 4.69) is 9.88 Å². The SMILES string of the molecule is CCN(CCO)Cc1csc(CS(C)(=O)=O)n1. The maximum Gasteiger partial charge on any atom is 0.153 e. The summed E-state index contributed by atoms with van der Waals surface area (Å²) in [5.41, 5.74) is 0.865. The number of aliphatic hydroxyl groups is 1. The molecule has 0 radical (unpaired) electrons. The van der Waals surface area contributed by atoms with Gasteiger partial charge in [-0.3, -0.25) is 4.90 Å². The average Bonchev–Trinajstić information content (AvgIpc) is 2.62. The Morgan fingerprint density at radius 2 is 2.24 bits per heavy atom. The molecule has 5 nitrogen and oxygen atoms in total. The van der Waals surface area contributed by atoms with E-state index in [0.29, 0.717) is 18.1 Å². The Morgan fingerprint density at radius 3 is 2.76 bits per heavy atom. The largest absolute Gasteiger partial charge is 0.395 e. The second-order valence-corrected chi connectivity index (χ2v) is 6.98. The topological polar surface area (TPSA) is 70.5 Å². The highest BCUT2D eigenvalue weighted by atomic mass is 32.2. The third-order valence-corrected chi connectivity index (χ3v) is 4.11. The molecule has 17 heavy (non-hydrogen) atoms. The summed E-state index contributed by atoms with van der Waals surface area (Å²) in [5, 5.41) is 11.4. The highest BCUT2D eigenvalue weighted by Crippen LogP contribution is 2.14. The standard InChI is InChI=1S/C10H18N2O3S2/c1-3-12(4-5-13)6-9-7-16-10(11-9)8-17(2,14)15/h7,13H,3-6,8H2,1-2H3. The van der Waals surface area contributed by atoms with Gasteiger partial charge in [-0.2, -0.15) is 0 Å². The summed E-state index contributed by atoms with van der Waals surface area (Å²) in [6.07, 6.45) is 1.21. The second-order valence-electron chi connectivity index (χ2n) is 3.90. The summed E-state index contributed by atoms with van der Waals surface area (Å²) < 4.78 is 22.2. The summed E-state index contributed by atoms with van der Waals surface area (Å²) in [5.74, 6) is 0.00376. The van der Waals surface area contributed by atoms with Crippen LogP contribution in [0.2, 0.25) is 0 Å². The molecule has 1 rings (SSSR count). The zero-order chi connectivity index (χ0) is 12.9. The van der Waals surface area contributed by atoms with Crippen molar-refractivity contribution >= 4 is 21.2 Å². The molecule has 0 aliphatic carbocycles. The van der Waals surface area contributed by atoms with Crippen LogP contribution in [0.25, 0.3) is 0 Å². The van der Waals surface area contributed by atoms with Gasteiger partial charge in [0.2, 0.25) is 0 Å². The molecule has 0 saturated carbocycles. The Balaban J connectivity index is 2.61. The van der Waals surface area contributed by atoms with Crippen molar-refractivity contribution in [2.75, 3.05) is 26.0 Å². The van der Waals surface area contributed by atoms with Crippen LogP contribution in [0.15, 0.2) is 5.38 Å². The van der Waals surface area contributed by atoms with Crippen molar-refractivity contribution in [3.05, 3.63) is 16.1 Å². The molecule has 1 aromatic heterocycles. The van der Waals surface area contributed by atoms with Crippen molar-refractivity contribution in [1.82, 2.24) is 9.88 Å². The van der Waals surface area contributed by atoms with Crippen molar-refractivity contribution in [3.63, 3.8) is 0 Å². The van der Waals surface area contributed by atoms with Gasteiger partial charge in [0.05, 0.1) is 12.3 Å². The smallest absolute Gasteiger partial charge is 0.153 e. The molecule has 0 unspecified atom stereocenters. The molecule has 0 spiro atoms. The van der Waals surface area contributed by atoms with Crippen LogP contribution in [-0.4, -0.2) is 49.4 Å². The van der Waals surface area contributed by atoms with Gasteiger partial charge in [-0.05, 0) is 6.54 Å². The first-order valence-electron chi connectivity index (χ1n) is 5.39. The lowest BCUT2D eigenvalue weighted by molar-refractivity contribution is 0.195. The molecule has 0 amide bonds. The summed E-state index contributed by atoms with van der Waals surface area (Å²) in [6.45, 7) is 4.22. The van der Waals surface area contributed by atoms with E-state index in [0.717, 1.165) is 12.2 Å². The van der Waals surface area contributed by atoms with E-state index in [1.807, 2.05) is 12.3 Å². The fraction of sp³-hybridized carbons (Fsp3) is 0.700. The minimum atomic E-state index is -3.01. The van der Waals surface area contributed by atoms with Gasteiger partial charge >= 0.3 is 0 Å². The van der Waals surface area contributed by atoms with Crippen LogP contribution in [0.4, 0.5) is 0 Å². The fourth-order valence-corrected chi connectivity index (χ4v) is 3.43. The first-order chi connectivity index (χ1) is 7.94. The number of aliphatic hydroxyl groups excluding tert-OH is 1. The Kier molecular flexibility index (Phi) is 5.51. The van der Waals surface area contributed by atoms with Gasteiger partial charge in [0.1, 0.15) is 10.8 Å². The molecule has 98 valence electrons. The van der Waals surface area contributed by atoms with Crippen LogP contribution in [0.1, 0.15) is 17.6 Å². The minimum absolute atomic E-state index is 0.00376. The molecule has 0 fully saturated rings. The fourth-order valence-electron chi connectivity index (χ4n) is 1.43. The van der Waals surface area contributed by atoms with Gasteiger partial charge in [0.15, 0.2) is 9.84 Å². The summed E-state index contributed by atoms with van der Waals surface area (Å²) in [7, 11) is -3.01.